The van der Waals surface area contributed by atoms with Crippen molar-refractivity contribution < 1.29 is 17.5 Å². The van der Waals surface area contributed by atoms with Gasteiger partial charge >= 0.3 is 0 Å². The van der Waals surface area contributed by atoms with Crippen molar-refractivity contribution in [2.45, 2.75) is 75.7 Å². The Morgan fingerprint density at radius 3 is 2.56 bits per heavy atom. The number of rotatable bonds is 5. The van der Waals surface area contributed by atoms with Crippen molar-refractivity contribution in [2.24, 2.45) is 5.92 Å². The summed E-state index contributed by atoms with van der Waals surface area (Å²) in [4.78, 5) is 4.94. The second-order valence-corrected chi connectivity index (χ2v) is 11.7. The van der Waals surface area contributed by atoms with Gasteiger partial charge in [-0.05, 0) is 62.0 Å². The number of aromatic nitrogens is 2. The zero-order valence-electron chi connectivity index (χ0n) is 19.1. The van der Waals surface area contributed by atoms with E-state index in [1.807, 2.05) is 6.07 Å². The van der Waals surface area contributed by atoms with Crippen LogP contribution in [-0.4, -0.2) is 37.5 Å². The van der Waals surface area contributed by atoms with Crippen molar-refractivity contribution in [3.05, 3.63) is 47.3 Å². The van der Waals surface area contributed by atoms with Crippen LogP contribution in [0.15, 0.2) is 46.4 Å². The Hall–Kier alpha value is -2.19. The predicted molar refractivity (Wildman–Crippen MR) is 124 cm³/mol. The minimum absolute atomic E-state index is 0.0477. The molecule has 0 spiro atoms. The molecule has 1 fully saturated rings. The van der Waals surface area contributed by atoms with E-state index >= 15 is 0 Å². The Labute approximate surface area is 189 Å². The predicted octanol–water partition coefficient (Wildman–Crippen LogP) is 4.61. The molecule has 6 nitrogen and oxygen atoms in total. The first-order valence-corrected chi connectivity index (χ1v) is 12.6. The van der Waals surface area contributed by atoms with Gasteiger partial charge in [0.1, 0.15) is 5.82 Å². The molecule has 1 aromatic heterocycles. The largest absolute Gasteiger partial charge is 0.381 e. The molecule has 4 rings (SSSR count). The molecule has 8 heteroatoms. The third-order valence-corrected chi connectivity index (χ3v) is 8.16. The molecule has 2 heterocycles. The highest BCUT2D eigenvalue weighted by Gasteiger charge is 2.28. The molecule has 0 radical (unpaired) electrons. The minimum atomic E-state index is -3.83. The second kappa shape index (κ2) is 8.63. The van der Waals surface area contributed by atoms with E-state index in [1.54, 1.807) is 19.2 Å². The maximum Gasteiger partial charge on any atom is 0.206 e. The van der Waals surface area contributed by atoms with Gasteiger partial charge in [-0.15, -0.1) is 0 Å². The maximum absolute atomic E-state index is 13.7. The van der Waals surface area contributed by atoms with Crippen LogP contribution in [0.3, 0.4) is 0 Å². The highest BCUT2D eigenvalue weighted by molar-refractivity contribution is 7.95. The molecule has 1 aromatic carbocycles. The summed E-state index contributed by atoms with van der Waals surface area (Å²) in [5.74, 6) is 1.48. The lowest BCUT2D eigenvalue weighted by Crippen LogP contribution is -2.26. The number of nitrogens with zero attached hydrogens (tertiary/aromatic N) is 2. The molecule has 1 saturated carbocycles. The highest BCUT2D eigenvalue weighted by Crippen LogP contribution is 2.33. The monoisotopic (exact) mass is 461 g/mol. The normalized spacial score (nSPS) is 24.4. The number of sulfone groups is 1. The first-order chi connectivity index (χ1) is 15.1. The molecule has 2 aliphatic rings. The van der Waals surface area contributed by atoms with Crippen LogP contribution in [0.4, 0.5) is 4.39 Å². The quantitative estimate of drug-likeness (QED) is 0.659. The van der Waals surface area contributed by atoms with Crippen molar-refractivity contribution in [2.75, 3.05) is 7.11 Å². The fourth-order valence-electron chi connectivity index (χ4n) is 4.63. The third kappa shape index (κ3) is 4.48. The van der Waals surface area contributed by atoms with Crippen molar-refractivity contribution in [3.8, 4) is 0 Å². The number of imidazole rings is 1. The Kier molecular flexibility index (Phi) is 6.20. The van der Waals surface area contributed by atoms with Crippen LogP contribution in [0.25, 0.3) is 11.0 Å². The van der Waals surface area contributed by atoms with E-state index in [-0.39, 0.29) is 15.2 Å². The molecule has 1 aliphatic carbocycles. The molecule has 0 saturated heterocycles. The van der Waals surface area contributed by atoms with Gasteiger partial charge in [0.2, 0.25) is 9.84 Å². The fourth-order valence-corrected chi connectivity index (χ4v) is 5.96. The van der Waals surface area contributed by atoms with E-state index in [9.17, 15) is 12.8 Å². The molecule has 0 amide bonds. The maximum atomic E-state index is 13.7. The summed E-state index contributed by atoms with van der Waals surface area (Å²) in [7, 11) is -2.05. The number of dihydropyridines is 1. The van der Waals surface area contributed by atoms with E-state index in [2.05, 4.69) is 30.7 Å². The standard InChI is InChI=1S/C24H32FN3O3S/c1-24(2,3)23-27-20-13-18(32(29,30)19-11-12-26-22(25)14-19)9-10-21(20)28(23)15-16-5-7-17(31-4)8-6-16/h9-14,16-17,22,26H,5-8,15H2,1-4H3/t16-,17+,22?. The van der Waals surface area contributed by atoms with Gasteiger partial charge in [-0.25, -0.2) is 17.8 Å². The van der Waals surface area contributed by atoms with Crippen LogP contribution in [0.5, 0.6) is 0 Å². The average molecular weight is 462 g/mol. The number of hydrogen-bond donors (Lipinski definition) is 1. The summed E-state index contributed by atoms with van der Waals surface area (Å²) in [5.41, 5.74) is 1.39. The van der Waals surface area contributed by atoms with Crippen LogP contribution < -0.4 is 5.32 Å². The molecule has 2 aromatic rings. The van der Waals surface area contributed by atoms with Gasteiger partial charge in [0, 0.05) is 25.3 Å². The Bertz CT molecular complexity index is 1150. The summed E-state index contributed by atoms with van der Waals surface area (Å²) in [5, 5.41) is 2.43. The van der Waals surface area contributed by atoms with Crippen LogP contribution in [0.2, 0.25) is 0 Å². The first kappa shape index (κ1) is 23.0. The Morgan fingerprint density at radius 1 is 1.22 bits per heavy atom. The van der Waals surface area contributed by atoms with Gasteiger partial charge in [-0.1, -0.05) is 20.8 Å². The van der Waals surface area contributed by atoms with Gasteiger partial charge in [0.05, 0.1) is 26.9 Å². The van der Waals surface area contributed by atoms with Gasteiger partial charge in [-0.3, -0.25) is 0 Å². The van der Waals surface area contributed by atoms with Crippen LogP contribution >= 0.6 is 0 Å². The lowest BCUT2D eigenvalue weighted by atomic mass is 9.87. The van der Waals surface area contributed by atoms with Gasteiger partial charge in [-0.2, -0.15) is 0 Å². The first-order valence-electron chi connectivity index (χ1n) is 11.2. The molecule has 1 aliphatic heterocycles. The zero-order valence-corrected chi connectivity index (χ0v) is 20.0. The smallest absolute Gasteiger partial charge is 0.206 e. The summed E-state index contributed by atoms with van der Waals surface area (Å²) < 4.78 is 47.6. The van der Waals surface area contributed by atoms with Crippen LogP contribution in [0.1, 0.15) is 52.3 Å². The molecular formula is C24H32FN3O3S. The van der Waals surface area contributed by atoms with E-state index in [0.717, 1.165) is 49.6 Å². The van der Waals surface area contributed by atoms with E-state index in [0.29, 0.717) is 17.5 Å². The SMILES string of the molecule is CO[C@H]1CC[C@@H](Cn2c(C(C)(C)C)nc3cc(S(=O)(=O)C4=CC(F)NC=C4)ccc32)CC1. The molecule has 1 N–H and O–H groups in total. The summed E-state index contributed by atoms with van der Waals surface area (Å²) in [6.07, 6.45) is 6.94. The van der Waals surface area contributed by atoms with Crippen LogP contribution in [-0.2, 0) is 26.5 Å². The van der Waals surface area contributed by atoms with Crippen molar-refractivity contribution in [1.82, 2.24) is 14.9 Å². The fraction of sp³-hybridized carbons (Fsp3) is 0.542. The van der Waals surface area contributed by atoms with Crippen LogP contribution in [0, 0.1) is 5.92 Å². The molecule has 0 bridgehead atoms. The number of hydrogen-bond acceptors (Lipinski definition) is 5. The molecule has 1 unspecified atom stereocenters. The highest BCUT2D eigenvalue weighted by atomic mass is 32.2. The number of nitrogens with one attached hydrogen (secondary N) is 1. The molecule has 32 heavy (non-hydrogen) atoms. The Morgan fingerprint density at radius 2 is 1.94 bits per heavy atom. The van der Waals surface area contributed by atoms with E-state index in [1.165, 1.54) is 12.3 Å². The van der Waals surface area contributed by atoms with Gasteiger partial charge < -0.3 is 14.6 Å². The lowest BCUT2D eigenvalue weighted by molar-refractivity contribution is 0.0541. The topological polar surface area (TPSA) is 73.2 Å². The average Bonchev–Trinajstić information content (AvgIpc) is 3.12. The Balaban J connectivity index is 1.71. The summed E-state index contributed by atoms with van der Waals surface area (Å²) in [6.45, 7) is 7.22. The lowest BCUT2D eigenvalue weighted by Gasteiger charge is -2.29. The summed E-state index contributed by atoms with van der Waals surface area (Å²) in [6, 6.07) is 5.06. The zero-order chi connectivity index (χ0) is 23.1. The van der Waals surface area contributed by atoms with Crippen molar-refractivity contribution >= 4 is 20.9 Å². The van der Waals surface area contributed by atoms with E-state index in [4.69, 9.17) is 9.72 Å². The third-order valence-electron chi connectivity index (χ3n) is 6.39. The van der Waals surface area contributed by atoms with Crippen molar-refractivity contribution in [3.63, 3.8) is 0 Å². The molecular weight excluding hydrogens is 429 g/mol. The van der Waals surface area contributed by atoms with Gasteiger partial charge in [0.25, 0.3) is 0 Å². The number of fused-ring (bicyclic) bond motifs is 1. The van der Waals surface area contributed by atoms with Gasteiger partial charge in [0.15, 0.2) is 6.30 Å². The number of benzene rings is 1. The number of alkyl halides is 1. The number of halogens is 1. The van der Waals surface area contributed by atoms with Crippen molar-refractivity contribution in [1.29, 1.82) is 0 Å². The number of ether oxygens (including phenoxy) is 1. The van der Waals surface area contributed by atoms with E-state index < -0.39 is 16.1 Å². The molecule has 174 valence electrons. The number of allylic oxidation sites excluding steroid dienone is 1. The molecule has 1 atom stereocenters. The minimum Gasteiger partial charge on any atom is -0.381 e. The second-order valence-electron chi connectivity index (χ2n) is 9.80. The number of methoxy groups -OCH3 is 1. The summed E-state index contributed by atoms with van der Waals surface area (Å²) >= 11 is 0.